The van der Waals surface area contributed by atoms with Gasteiger partial charge < -0.3 is 24.3 Å². The zero-order chi connectivity index (χ0) is 24.0. The number of ether oxygens (including phenoxy) is 1. The summed E-state index contributed by atoms with van der Waals surface area (Å²) in [4.78, 5) is 41.2. The third kappa shape index (κ3) is 5.68. The molecule has 8 heteroatoms. The zero-order valence-electron chi connectivity index (χ0n) is 19.5. The van der Waals surface area contributed by atoms with Crippen LogP contribution in [0, 0.1) is 5.41 Å². The molecule has 2 fully saturated rings. The first-order valence-electron chi connectivity index (χ1n) is 11.8. The van der Waals surface area contributed by atoms with E-state index in [1.807, 2.05) is 41.0 Å². The summed E-state index contributed by atoms with van der Waals surface area (Å²) in [6, 6.07) is 10.8. The quantitative estimate of drug-likeness (QED) is 0.635. The summed E-state index contributed by atoms with van der Waals surface area (Å²) < 4.78 is 10.6. The Morgan fingerprint density at radius 2 is 1.76 bits per heavy atom. The van der Waals surface area contributed by atoms with Gasteiger partial charge in [0.25, 0.3) is 5.91 Å². The Morgan fingerprint density at radius 1 is 1.06 bits per heavy atom. The van der Waals surface area contributed by atoms with Crippen LogP contribution in [0.15, 0.2) is 53.2 Å². The molecule has 0 aliphatic carbocycles. The van der Waals surface area contributed by atoms with E-state index in [-0.39, 0.29) is 29.7 Å². The number of carbonyl (C=O) groups is 3. The molecule has 1 aromatic heterocycles. The number of piperidine rings is 1. The van der Waals surface area contributed by atoms with Gasteiger partial charge in [-0.1, -0.05) is 0 Å². The molecular weight excluding hydrogens is 434 g/mol. The highest BCUT2D eigenvalue weighted by Crippen LogP contribution is 2.40. The van der Waals surface area contributed by atoms with Crippen LogP contribution < -0.4 is 10.1 Å². The third-order valence-corrected chi connectivity index (χ3v) is 6.67. The van der Waals surface area contributed by atoms with E-state index in [1.165, 1.54) is 12.3 Å². The summed E-state index contributed by atoms with van der Waals surface area (Å²) in [6.07, 6.45) is 7.12. The molecule has 2 aliphatic rings. The number of carbonyl (C=O) groups excluding carboxylic acids is 3. The van der Waals surface area contributed by atoms with Crippen molar-refractivity contribution in [2.45, 2.75) is 26.2 Å². The molecule has 4 rings (SSSR count). The number of hydrogen-bond donors (Lipinski definition) is 1. The topological polar surface area (TPSA) is 92.1 Å². The Morgan fingerprint density at radius 3 is 2.41 bits per heavy atom. The second-order valence-corrected chi connectivity index (χ2v) is 8.88. The second kappa shape index (κ2) is 10.6. The molecule has 0 saturated carbocycles. The average Bonchev–Trinajstić information content (AvgIpc) is 3.53. The summed E-state index contributed by atoms with van der Waals surface area (Å²) in [6.45, 7) is 5.22. The van der Waals surface area contributed by atoms with Gasteiger partial charge in [-0.15, -0.1) is 0 Å². The highest BCUT2D eigenvalue weighted by Gasteiger charge is 2.42. The molecule has 2 aromatic rings. The van der Waals surface area contributed by atoms with Gasteiger partial charge in [-0.05, 0) is 74.1 Å². The van der Waals surface area contributed by atoms with E-state index in [0.29, 0.717) is 44.1 Å². The number of likely N-dealkylation sites (tertiary alicyclic amines) is 2. The lowest BCUT2D eigenvalue weighted by molar-refractivity contribution is -0.131. The maximum Gasteiger partial charge on any atom is 0.253 e. The first kappa shape index (κ1) is 23.6. The first-order valence-corrected chi connectivity index (χ1v) is 11.8. The van der Waals surface area contributed by atoms with Crippen molar-refractivity contribution in [1.82, 2.24) is 15.1 Å². The Hall–Kier alpha value is -3.55. The van der Waals surface area contributed by atoms with E-state index in [2.05, 4.69) is 5.32 Å². The lowest BCUT2D eigenvalue weighted by Gasteiger charge is -2.39. The molecule has 0 unspecified atom stereocenters. The minimum atomic E-state index is -0.334. The van der Waals surface area contributed by atoms with Crippen molar-refractivity contribution in [2.75, 3.05) is 39.3 Å². The highest BCUT2D eigenvalue weighted by molar-refractivity contribution is 5.95. The molecule has 0 atom stereocenters. The standard InChI is InChI=1S/C26H31N3O5/c1-2-33-22-7-5-20(6-8-22)25(32)28-14-11-26(12-15-28)13-16-29(19-26)24(31)18-27-23(30)10-9-21-4-3-17-34-21/h3-10,17H,2,11-16,18-19H2,1H3,(H,27,30). The van der Waals surface area contributed by atoms with Crippen LogP contribution >= 0.6 is 0 Å². The molecular formula is C26H31N3O5. The predicted molar refractivity (Wildman–Crippen MR) is 127 cm³/mol. The Labute approximate surface area is 199 Å². The molecule has 3 heterocycles. The van der Waals surface area contributed by atoms with Crippen LogP contribution in [0.2, 0.25) is 0 Å². The minimum absolute atomic E-state index is 0.0280. The van der Waals surface area contributed by atoms with E-state index < -0.39 is 0 Å². The van der Waals surface area contributed by atoms with Crippen molar-refractivity contribution in [3.63, 3.8) is 0 Å². The van der Waals surface area contributed by atoms with Crippen molar-refractivity contribution in [1.29, 1.82) is 0 Å². The predicted octanol–water partition coefficient (Wildman–Crippen LogP) is 2.96. The van der Waals surface area contributed by atoms with Crippen LogP contribution in [-0.4, -0.2) is 66.9 Å². The van der Waals surface area contributed by atoms with Gasteiger partial charge in [0.15, 0.2) is 0 Å². The van der Waals surface area contributed by atoms with Crippen LogP contribution in [0.3, 0.4) is 0 Å². The van der Waals surface area contributed by atoms with Gasteiger partial charge in [0.1, 0.15) is 11.5 Å². The summed E-state index contributed by atoms with van der Waals surface area (Å²) >= 11 is 0. The highest BCUT2D eigenvalue weighted by atomic mass is 16.5. The van der Waals surface area contributed by atoms with Crippen molar-refractivity contribution < 1.29 is 23.5 Å². The van der Waals surface area contributed by atoms with E-state index in [1.54, 1.807) is 18.2 Å². The van der Waals surface area contributed by atoms with Crippen molar-refractivity contribution in [2.24, 2.45) is 5.41 Å². The summed E-state index contributed by atoms with van der Waals surface area (Å²) in [7, 11) is 0. The van der Waals surface area contributed by atoms with Crippen molar-refractivity contribution in [3.05, 3.63) is 60.1 Å². The molecule has 0 bridgehead atoms. The number of furan rings is 1. The van der Waals surface area contributed by atoms with Crippen molar-refractivity contribution >= 4 is 23.8 Å². The lowest BCUT2D eigenvalue weighted by atomic mass is 9.77. The fourth-order valence-corrected chi connectivity index (χ4v) is 4.66. The smallest absolute Gasteiger partial charge is 0.253 e. The van der Waals surface area contributed by atoms with Crippen LogP contribution in [0.4, 0.5) is 0 Å². The maximum atomic E-state index is 12.9. The minimum Gasteiger partial charge on any atom is -0.494 e. The van der Waals surface area contributed by atoms with Crippen molar-refractivity contribution in [3.8, 4) is 5.75 Å². The molecule has 1 N–H and O–H groups in total. The van der Waals surface area contributed by atoms with Gasteiger partial charge in [-0.2, -0.15) is 0 Å². The number of hydrogen-bond acceptors (Lipinski definition) is 5. The van der Waals surface area contributed by atoms with Gasteiger partial charge in [0.2, 0.25) is 11.8 Å². The maximum absolute atomic E-state index is 12.9. The van der Waals surface area contributed by atoms with E-state index in [4.69, 9.17) is 9.15 Å². The summed E-state index contributed by atoms with van der Waals surface area (Å²) in [5.74, 6) is 0.964. The Bertz CT molecular complexity index is 1020. The monoisotopic (exact) mass is 465 g/mol. The third-order valence-electron chi connectivity index (χ3n) is 6.67. The first-order chi connectivity index (χ1) is 16.5. The number of nitrogens with one attached hydrogen (secondary N) is 1. The zero-order valence-corrected chi connectivity index (χ0v) is 19.5. The lowest BCUT2D eigenvalue weighted by Crippen LogP contribution is -2.45. The summed E-state index contributed by atoms with van der Waals surface area (Å²) in [5, 5.41) is 2.64. The number of benzene rings is 1. The van der Waals surface area contributed by atoms with Crippen LogP contribution in [0.1, 0.15) is 42.3 Å². The SMILES string of the molecule is CCOc1ccc(C(=O)N2CCC3(CCN(C(=O)CNC(=O)C=Cc4ccco4)C3)CC2)cc1. The van der Waals surface area contributed by atoms with Crippen LogP contribution in [-0.2, 0) is 9.59 Å². The molecule has 3 amide bonds. The van der Waals surface area contributed by atoms with Gasteiger partial charge in [0, 0.05) is 37.8 Å². The molecule has 8 nitrogen and oxygen atoms in total. The van der Waals surface area contributed by atoms with E-state index >= 15 is 0 Å². The molecule has 180 valence electrons. The Kier molecular flexibility index (Phi) is 7.35. The Balaban J connectivity index is 1.22. The van der Waals surface area contributed by atoms with Crippen LogP contribution in [0.5, 0.6) is 5.75 Å². The fraction of sp³-hybridized carbons (Fsp3) is 0.423. The van der Waals surface area contributed by atoms with E-state index in [0.717, 1.165) is 25.0 Å². The second-order valence-electron chi connectivity index (χ2n) is 8.88. The number of nitrogens with zero attached hydrogens (tertiary/aromatic N) is 2. The van der Waals surface area contributed by atoms with Gasteiger partial charge >= 0.3 is 0 Å². The molecule has 1 spiro atoms. The fourth-order valence-electron chi connectivity index (χ4n) is 4.66. The van der Waals surface area contributed by atoms with Crippen LogP contribution in [0.25, 0.3) is 6.08 Å². The average molecular weight is 466 g/mol. The molecule has 2 saturated heterocycles. The van der Waals surface area contributed by atoms with Gasteiger partial charge in [-0.25, -0.2) is 0 Å². The normalized spacial score (nSPS) is 17.3. The number of rotatable bonds is 7. The van der Waals surface area contributed by atoms with E-state index in [9.17, 15) is 14.4 Å². The summed E-state index contributed by atoms with van der Waals surface area (Å²) in [5.41, 5.74) is 0.716. The molecule has 0 radical (unpaired) electrons. The molecule has 2 aliphatic heterocycles. The van der Waals surface area contributed by atoms with Gasteiger partial charge in [0.05, 0.1) is 19.4 Å². The van der Waals surface area contributed by atoms with Gasteiger partial charge in [-0.3, -0.25) is 14.4 Å². The molecule has 1 aromatic carbocycles. The number of amides is 3. The largest absolute Gasteiger partial charge is 0.494 e. The molecule has 34 heavy (non-hydrogen) atoms.